The van der Waals surface area contributed by atoms with Crippen LogP contribution in [0.15, 0.2) is 0 Å². The van der Waals surface area contributed by atoms with E-state index in [-0.39, 0.29) is 0 Å². The van der Waals surface area contributed by atoms with Gasteiger partial charge in [-0.15, -0.1) is 0 Å². The lowest BCUT2D eigenvalue weighted by molar-refractivity contribution is -0.143. The standard InChI is InChI=1S/C4H6O7S.C3H8O2/c5-3(6)1-2(4(7)8)12(9,10)11;1-2-3(4)5/h2H,1H2,(H,5,6)(H,7,8)(H,9,10,11);3-5H,2H2,1H3. The molecule has 0 bridgehead atoms. The molecule has 0 aromatic heterocycles. The highest BCUT2D eigenvalue weighted by atomic mass is 32.2. The molecule has 0 radical (unpaired) electrons. The Morgan fingerprint density at radius 1 is 1.18 bits per heavy atom. The maximum Gasteiger partial charge on any atom is 0.325 e. The molecule has 0 spiro atoms. The molecule has 17 heavy (non-hydrogen) atoms. The summed E-state index contributed by atoms with van der Waals surface area (Å²) in [7, 11) is -4.84. The van der Waals surface area contributed by atoms with Gasteiger partial charge < -0.3 is 20.4 Å². The number of aliphatic hydroxyl groups is 2. The van der Waals surface area contributed by atoms with E-state index in [0.717, 1.165) is 0 Å². The van der Waals surface area contributed by atoms with Crippen LogP contribution in [0.2, 0.25) is 0 Å². The van der Waals surface area contributed by atoms with Crippen molar-refractivity contribution in [1.29, 1.82) is 0 Å². The second kappa shape index (κ2) is 7.95. The molecule has 9 nitrogen and oxygen atoms in total. The van der Waals surface area contributed by atoms with Crippen molar-refractivity contribution in [2.24, 2.45) is 0 Å². The Bertz CT molecular complexity index is 344. The van der Waals surface area contributed by atoms with Crippen molar-refractivity contribution in [1.82, 2.24) is 0 Å². The Morgan fingerprint density at radius 3 is 1.59 bits per heavy atom. The van der Waals surface area contributed by atoms with Gasteiger partial charge in [0.05, 0.1) is 6.42 Å². The number of hydrogen-bond donors (Lipinski definition) is 5. The average molecular weight is 274 g/mol. The van der Waals surface area contributed by atoms with Crippen LogP contribution in [-0.2, 0) is 19.7 Å². The number of aliphatic carboxylic acids is 2. The van der Waals surface area contributed by atoms with Gasteiger partial charge in [-0.25, -0.2) is 0 Å². The minimum absolute atomic E-state index is 0.417. The van der Waals surface area contributed by atoms with Crippen molar-refractivity contribution in [3.63, 3.8) is 0 Å². The van der Waals surface area contributed by atoms with E-state index in [1.165, 1.54) is 0 Å². The van der Waals surface area contributed by atoms with Gasteiger partial charge in [0.2, 0.25) is 0 Å². The minimum Gasteiger partial charge on any atom is -0.481 e. The van der Waals surface area contributed by atoms with Gasteiger partial charge in [-0.2, -0.15) is 8.42 Å². The molecule has 0 aliphatic heterocycles. The van der Waals surface area contributed by atoms with Crippen molar-refractivity contribution in [3.8, 4) is 0 Å². The number of aliphatic hydroxyl groups excluding tert-OH is 1. The topological polar surface area (TPSA) is 169 Å². The first-order valence-corrected chi connectivity index (χ1v) is 5.79. The molecular weight excluding hydrogens is 260 g/mol. The first-order valence-electron chi connectivity index (χ1n) is 4.29. The fraction of sp³-hybridized carbons (Fsp3) is 0.714. The third kappa shape index (κ3) is 11.0. The molecule has 0 aromatic carbocycles. The average Bonchev–Trinajstić information content (AvgIpc) is 2.12. The van der Waals surface area contributed by atoms with Crippen LogP contribution in [0.25, 0.3) is 0 Å². The molecule has 0 fully saturated rings. The van der Waals surface area contributed by atoms with Gasteiger partial charge in [-0.3, -0.25) is 14.1 Å². The summed E-state index contributed by atoms with van der Waals surface area (Å²) in [4.78, 5) is 20.0. The number of hydrogen-bond acceptors (Lipinski definition) is 6. The molecule has 1 unspecified atom stereocenters. The summed E-state index contributed by atoms with van der Waals surface area (Å²) < 4.78 is 28.7. The van der Waals surface area contributed by atoms with Gasteiger partial charge in [0.25, 0.3) is 10.1 Å². The quantitative estimate of drug-likeness (QED) is 0.296. The van der Waals surface area contributed by atoms with E-state index in [1.54, 1.807) is 6.92 Å². The maximum absolute atomic E-state index is 10.2. The lowest BCUT2D eigenvalue weighted by Crippen LogP contribution is -2.31. The van der Waals surface area contributed by atoms with Gasteiger partial charge in [0.1, 0.15) is 0 Å². The first kappa shape index (κ1) is 18.1. The fourth-order valence-electron chi connectivity index (χ4n) is 0.479. The van der Waals surface area contributed by atoms with E-state index in [0.29, 0.717) is 6.42 Å². The third-order valence-electron chi connectivity index (χ3n) is 1.36. The van der Waals surface area contributed by atoms with E-state index >= 15 is 0 Å². The molecule has 0 heterocycles. The number of carbonyl (C=O) groups is 2. The second-order valence-corrected chi connectivity index (χ2v) is 4.43. The fourth-order valence-corrected chi connectivity index (χ4v) is 1.09. The molecular formula is C7H14O9S. The Kier molecular flexibility index (Phi) is 8.48. The van der Waals surface area contributed by atoms with Crippen LogP contribution in [-0.4, -0.2) is 56.9 Å². The van der Waals surface area contributed by atoms with Crippen LogP contribution in [0.3, 0.4) is 0 Å². The smallest absolute Gasteiger partial charge is 0.325 e. The van der Waals surface area contributed by atoms with Crippen LogP contribution in [0, 0.1) is 0 Å². The Balaban J connectivity index is 0. The zero-order chi connectivity index (χ0) is 14.2. The second-order valence-electron chi connectivity index (χ2n) is 2.83. The van der Waals surface area contributed by atoms with E-state index in [4.69, 9.17) is 25.0 Å². The molecule has 10 heteroatoms. The summed E-state index contributed by atoms with van der Waals surface area (Å²) in [6, 6.07) is 0. The zero-order valence-electron chi connectivity index (χ0n) is 8.85. The van der Waals surface area contributed by atoms with Crippen molar-refractivity contribution in [2.75, 3.05) is 0 Å². The third-order valence-corrected chi connectivity index (χ3v) is 2.45. The molecule has 5 N–H and O–H groups in total. The van der Waals surface area contributed by atoms with Crippen LogP contribution in [0.5, 0.6) is 0 Å². The van der Waals surface area contributed by atoms with E-state index in [9.17, 15) is 18.0 Å². The molecule has 0 saturated heterocycles. The minimum atomic E-state index is -4.84. The highest BCUT2D eigenvalue weighted by Crippen LogP contribution is 2.04. The van der Waals surface area contributed by atoms with Gasteiger partial charge in [0, 0.05) is 0 Å². The van der Waals surface area contributed by atoms with Gasteiger partial charge in [-0.1, -0.05) is 6.92 Å². The molecule has 0 amide bonds. The Morgan fingerprint density at radius 2 is 1.53 bits per heavy atom. The maximum atomic E-state index is 10.2. The SMILES string of the molecule is CCC(O)O.O=C(O)CC(C(=O)O)S(=O)(=O)O. The number of rotatable bonds is 5. The predicted molar refractivity (Wildman–Crippen MR) is 53.7 cm³/mol. The molecule has 1 atom stereocenters. The van der Waals surface area contributed by atoms with Gasteiger partial charge in [0.15, 0.2) is 11.5 Å². The molecule has 0 aromatic rings. The summed E-state index contributed by atoms with van der Waals surface area (Å²) >= 11 is 0. The molecule has 0 aliphatic rings. The molecule has 0 saturated carbocycles. The van der Waals surface area contributed by atoms with Crippen LogP contribution >= 0.6 is 0 Å². The van der Waals surface area contributed by atoms with Crippen LogP contribution in [0.4, 0.5) is 0 Å². The van der Waals surface area contributed by atoms with Crippen LogP contribution < -0.4 is 0 Å². The van der Waals surface area contributed by atoms with Crippen molar-refractivity contribution >= 4 is 22.1 Å². The van der Waals surface area contributed by atoms with Gasteiger partial charge >= 0.3 is 11.9 Å². The zero-order valence-corrected chi connectivity index (χ0v) is 9.66. The molecule has 0 rings (SSSR count). The van der Waals surface area contributed by atoms with E-state index in [2.05, 4.69) is 0 Å². The van der Waals surface area contributed by atoms with E-state index in [1.807, 2.05) is 0 Å². The Labute approximate surface area is 97.1 Å². The highest BCUT2D eigenvalue weighted by Gasteiger charge is 2.33. The first-order chi connectivity index (χ1) is 7.52. The largest absolute Gasteiger partial charge is 0.481 e. The predicted octanol–water partition coefficient (Wildman–Crippen LogP) is -1.49. The van der Waals surface area contributed by atoms with Gasteiger partial charge in [-0.05, 0) is 6.42 Å². The summed E-state index contributed by atoms with van der Waals surface area (Å²) in [5.74, 6) is -3.50. The summed E-state index contributed by atoms with van der Waals surface area (Å²) in [6.07, 6.45) is -1.86. The van der Waals surface area contributed by atoms with Crippen molar-refractivity contribution in [3.05, 3.63) is 0 Å². The highest BCUT2D eigenvalue weighted by molar-refractivity contribution is 7.87. The van der Waals surface area contributed by atoms with Crippen LogP contribution in [0.1, 0.15) is 19.8 Å². The Hall–Kier alpha value is -1.23. The van der Waals surface area contributed by atoms with Crippen molar-refractivity contribution < 1.29 is 43.0 Å². The lowest BCUT2D eigenvalue weighted by Gasteiger charge is -2.04. The number of carboxylic acid groups (broad SMARTS) is 2. The monoisotopic (exact) mass is 274 g/mol. The summed E-state index contributed by atoms with van der Waals surface area (Å²) in [6.45, 7) is 1.70. The van der Waals surface area contributed by atoms with E-state index < -0.39 is 40.0 Å². The summed E-state index contributed by atoms with van der Waals surface area (Å²) in [5.41, 5.74) is 0. The summed E-state index contributed by atoms with van der Waals surface area (Å²) in [5, 5.41) is 29.7. The van der Waals surface area contributed by atoms with Crippen molar-refractivity contribution in [2.45, 2.75) is 31.3 Å². The molecule has 102 valence electrons. The molecule has 0 aliphatic carbocycles. The lowest BCUT2D eigenvalue weighted by atomic mass is 10.3. The normalized spacial score (nSPS) is 12.5. The number of carboxylic acids is 2.